The minimum atomic E-state index is -3.91. The third-order valence-corrected chi connectivity index (χ3v) is 6.02. The van der Waals surface area contributed by atoms with Crippen molar-refractivity contribution in [1.82, 2.24) is 14.2 Å². The van der Waals surface area contributed by atoms with Gasteiger partial charge in [-0.25, -0.2) is 17.8 Å². The first-order valence-electron chi connectivity index (χ1n) is 7.87. The van der Waals surface area contributed by atoms with Crippen molar-refractivity contribution >= 4 is 15.9 Å². The van der Waals surface area contributed by atoms with Gasteiger partial charge in [-0.2, -0.15) is 4.31 Å². The zero-order valence-corrected chi connectivity index (χ0v) is 14.5. The van der Waals surface area contributed by atoms with Crippen molar-refractivity contribution in [2.45, 2.75) is 11.8 Å². The molecule has 0 bridgehead atoms. The number of rotatable bonds is 3. The molecule has 0 atom stereocenters. The van der Waals surface area contributed by atoms with Crippen LogP contribution in [0.2, 0.25) is 0 Å². The molecule has 1 aliphatic rings. The number of pyridine rings is 1. The third-order valence-electron chi connectivity index (χ3n) is 4.09. The van der Waals surface area contributed by atoms with E-state index < -0.39 is 15.8 Å². The summed E-state index contributed by atoms with van der Waals surface area (Å²) in [5.74, 6) is -1.00. The molecule has 8 heteroatoms. The van der Waals surface area contributed by atoms with E-state index in [-0.39, 0.29) is 37.0 Å². The maximum absolute atomic E-state index is 13.8. The van der Waals surface area contributed by atoms with Crippen molar-refractivity contribution in [1.29, 1.82) is 0 Å². The molecule has 0 spiro atoms. The summed E-state index contributed by atoms with van der Waals surface area (Å²) in [7, 11) is -3.91. The zero-order valence-electron chi connectivity index (χ0n) is 13.7. The van der Waals surface area contributed by atoms with E-state index in [1.54, 1.807) is 30.0 Å². The van der Waals surface area contributed by atoms with Gasteiger partial charge in [-0.1, -0.05) is 18.2 Å². The van der Waals surface area contributed by atoms with E-state index in [0.717, 1.165) is 11.8 Å². The summed E-state index contributed by atoms with van der Waals surface area (Å²) in [6, 6.07) is 10.5. The van der Waals surface area contributed by atoms with Crippen molar-refractivity contribution in [2.24, 2.45) is 0 Å². The Labute approximate surface area is 145 Å². The summed E-state index contributed by atoms with van der Waals surface area (Å²) in [6.45, 7) is 2.52. The third kappa shape index (κ3) is 3.54. The van der Waals surface area contributed by atoms with E-state index >= 15 is 0 Å². The summed E-state index contributed by atoms with van der Waals surface area (Å²) in [5.41, 5.74) is 1.08. The van der Waals surface area contributed by atoms with Crippen molar-refractivity contribution in [3.63, 3.8) is 0 Å². The number of benzene rings is 1. The summed E-state index contributed by atoms with van der Waals surface area (Å²) in [5, 5.41) is 0. The highest BCUT2D eigenvalue weighted by molar-refractivity contribution is 7.89. The predicted octanol–water partition coefficient (Wildman–Crippen LogP) is 1.68. The van der Waals surface area contributed by atoms with Gasteiger partial charge in [0.15, 0.2) is 0 Å². The Kier molecular flexibility index (Phi) is 4.82. The fourth-order valence-corrected chi connectivity index (χ4v) is 4.24. The van der Waals surface area contributed by atoms with Gasteiger partial charge in [-0.3, -0.25) is 4.79 Å². The molecule has 1 aromatic carbocycles. The highest BCUT2D eigenvalue weighted by Crippen LogP contribution is 2.20. The van der Waals surface area contributed by atoms with Crippen LogP contribution in [0.4, 0.5) is 4.39 Å². The molecular formula is C17H18FN3O3S. The van der Waals surface area contributed by atoms with E-state index in [1.165, 1.54) is 22.5 Å². The van der Waals surface area contributed by atoms with Gasteiger partial charge in [-0.05, 0) is 31.2 Å². The summed E-state index contributed by atoms with van der Waals surface area (Å²) >= 11 is 0. The lowest BCUT2D eigenvalue weighted by atomic mass is 10.2. The number of amides is 1. The fourth-order valence-electron chi connectivity index (χ4n) is 2.75. The van der Waals surface area contributed by atoms with Gasteiger partial charge >= 0.3 is 0 Å². The van der Waals surface area contributed by atoms with Crippen molar-refractivity contribution in [2.75, 3.05) is 26.2 Å². The zero-order chi connectivity index (χ0) is 18.0. The van der Waals surface area contributed by atoms with E-state index in [1.807, 2.05) is 0 Å². The van der Waals surface area contributed by atoms with Crippen LogP contribution in [0.1, 0.15) is 16.2 Å². The van der Waals surface area contributed by atoms with Crippen LogP contribution in [0.3, 0.4) is 0 Å². The molecule has 25 heavy (non-hydrogen) atoms. The first kappa shape index (κ1) is 17.5. The smallest absolute Gasteiger partial charge is 0.272 e. The van der Waals surface area contributed by atoms with Gasteiger partial charge in [0.1, 0.15) is 16.4 Å². The molecule has 3 rings (SSSR count). The van der Waals surface area contributed by atoms with Crippen molar-refractivity contribution < 1.29 is 17.6 Å². The fraction of sp³-hybridized carbons (Fsp3) is 0.294. The van der Waals surface area contributed by atoms with Crippen LogP contribution in [-0.4, -0.2) is 54.7 Å². The molecule has 1 saturated heterocycles. The number of aryl methyl sites for hydroxylation is 1. The Hall–Kier alpha value is -2.32. The predicted molar refractivity (Wildman–Crippen MR) is 90.0 cm³/mol. The van der Waals surface area contributed by atoms with Gasteiger partial charge < -0.3 is 4.90 Å². The number of carbonyl (C=O) groups is 1. The van der Waals surface area contributed by atoms with Crippen molar-refractivity contribution in [3.05, 3.63) is 59.7 Å². The maximum Gasteiger partial charge on any atom is 0.272 e. The number of hydrogen-bond donors (Lipinski definition) is 0. The second-order valence-corrected chi connectivity index (χ2v) is 7.70. The Balaban J connectivity index is 1.72. The highest BCUT2D eigenvalue weighted by atomic mass is 32.2. The number of halogens is 1. The molecule has 1 fully saturated rings. The first-order valence-corrected chi connectivity index (χ1v) is 9.31. The van der Waals surface area contributed by atoms with E-state index in [2.05, 4.69) is 4.98 Å². The molecule has 0 N–H and O–H groups in total. The van der Waals surface area contributed by atoms with Crippen LogP contribution in [0.5, 0.6) is 0 Å². The van der Waals surface area contributed by atoms with Crippen LogP contribution in [-0.2, 0) is 10.0 Å². The molecule has 2 heterocycles. The Morgan fingerprint density at radius 3 is 2.36 bits per heavy atom. The number of carbonyl (C=O) groups excluding carboxylic acids is 1. The van der Waals surface area contributed by atoms with Crippen LogP contribution in [0, 0.1) is 12.7 Å². The largest absolute Gasteiger partial charge is 0.335 e. The second kappa shape index (κ2) is 6.89. The SMILES string of the molecule is Cc1cccc(C(=O)N2CCN(S(=O)(=O)c3ccccc3F)CC2)n1. The lowest BCUT2D eigenvalue weighted by Gasteiger charge is -2.33. The van der Waals surface area contributed by atoms with E-state index in [0.29, 0.717) is 5.69 Å². The summed E-state index contributed by atoms with van der Waals surface area (Å²) < 4.78 is 40.2. The van der Waals surface area contributed by atoms with E-state index in [9.17, 15) is 17.6 Å². The standard InChI is InChI=1S/C17H18FN3O3S/c1-13-5-4-7-15(19-13)17(22)20-9-11-21(12-10-20)25(23,24)16-8-3-2-6-14(16)18/h2-8H,9-12H2,1H3. The average Bonchev–Trinajstić information content (AvgIpc) is 2.61. The Bertz CT molecular complexity index is 894. The van der Waals surface area contributed by atoms with Gasteiger partial charge in [0.25, 0.3) is 5.91 Å². The molecular weight excluding hydrogens is 345 g/mol. The van der Waals surface area contributed by atoms with Gasteiger partial charge in [0.2, 0.25) is 10.0 Å². The van der Waals surface area contributed by atoms with Crippen LogP contribution < -0.4 is 0 Å². The Morgan fingerprint density at radius 1 is 1.04 bits per heavy atom. The molecule has 0 aliphatic carbocycles. The van der Waals surface area contributed by atoms with Crippen LogP contribution in [0.15, 0.2) is 47.4 Å². The number of aromatic nitrogens is 1. The molecule has 0 radical (unpaired) electrons. The molecule has 132 valence electrons. The van der Waals surface area contributed by atoms with Gasteiger partial charge in [-0.15, -0.1) is 0 Å². The number of sulfonamides is 1. The molecule has 1 aromatic heterocycles. The lowest BCUT2D eigenvalue weighted by Crippen LogP contribution is -2.50. The molecule has 0 unspecified atom stereocenters. The van der Waals surface area contributed by atoms with E-state index in [4.69, 9.17) is 0 Å². The average molecular weight is 363 g/mol. The molecule has 0 saturated carbocycles. The van der Waals surface area contributed by atoms with Crippen LogP contribution >= 0.6 is 0 Å². The lowest BCUT2D eigenvalue weighted by molar-refractivity contribution is 0.0691. The van der Waals surface area contributed by atoms with Crippen molar-refractivity contribution in [3.8, 4) is 0 Å². The topological polar surface area (TPSA) is 70.6 Å². The number of hydrogen-bond acceptors (Lipinski definition) is 4. The first-order chi connectivity index (χ1) is 11.9. The quantitative estimate of drug-likeness (QED) is 0.832. The maximum atomic E-state index is 13.8. The van der Waals surface area contributed by atoms with Gasteiger partial charge in [0, 0.05) is 31.9 Å². The second-order valence-electron chi connectivity index (χ2n) is 5.79. The monoisotopic (exact) mass is 363 g/mol. The minimum absolute atomic E-state index is 0.119. The van der Waals surface area contributed by atoms with Gasteiger partial charge in [0.05, 0.1) is 0 Å². The molecule has 6 nitrogen and oxygen atoms in total. The molecule has 1 aliphatic heterocycles. The molecule has 1 amide bonds. The number of nitrogens with zero attached hydrogens (tertiary/aromatic N) is 3. The van der Waals surface area contributed by atoms with Crippen LogP contribution in [0.25, 0.3) is 0 Å². The Morgan fingerprint density at radius 2 is 1.72 bits per heavy atom. The highest BCUT2D eigenvalue weighted by Gasteiger charge is 2.32. The number of piperazine rings is 1. The normalized spacial score (nSPS) is 16.0. The molecule has 2 aromatic rings. The summed E-state index contributed by atoms with van der Waals surface area (Å²) in [6.07, 6.45) is 0. The summed E-state index contributed by atoms with van der Waals surface area (Å²) in [4.78, 5) is 17.9. The minimum Gasteiger partial charge on any atom is -0.335 e.